The normalized spacial score (nSPS) is 23.1. The Morgan fingerprint density at radius 2 is 1.82 bits per heavy atom. The van der Waals surface area contributed by atoms with Gasteiger partial charge in [-0.1, -0.05) is 23.7 Å². The Balaban J connectivity index is 0.812. The molecule has 56 heavy (non-hydrogen) atoms. The fourth-order valence-electron chi connectivity index (χ4n) is 9.17. The van der Waals surface area contributed by atoms with Crippen LogP contribution in [0.3, 0.4) is 0 Å². The fourth-order valence-corrected chi connectivity index (χ4v) is 9.42. The number of hydrogen-bond acceptors (Lipinski definition) is 10. The van der Waals surface area contributed by atoms with Gasteiger partial charge in [-0.15, -0.1) is 5.10 Å². The first-order valence-electron chi connectivity index (χ1n) is 19.4. The molecule has 5 heterocycles. The summed E-state index contributed by atoms with van der Waals surface area (Å²) in [5.74, 6) is 0.353. The van der Waals surface area contributed by atoms with E-state index < -0.39 is 5.92 Å². The SMILES string of the molecule is CNC(=O)c1cnc2c(NC)cc(N3CCc4c(-c5ccc(OC6CC7(CCC(Nc8ccc(Cl)c(C9CCC(=O)NC9=O)c8)CC7)C6)cn5)cccc43)nn12. The third kappa shape index (κ3) is 6.57. The van der Waals surface area contributed by atoms with Crippen LogP contribution in [-0.2, 0) is 16.0 Å². The number of halogens is 1. The van der Waals surface area contributed by atoms with Crippen molar-refractivity contribution in [2.24, 2.45) is 5.41 Å². The number of ether oxygens (including phenoxy) is 1. The zero-order valence-electron chi connectivity index (χ0n) is 31.4. The quantitative estimate of drug-likeness (QED) is 0.120. The third-order valence-electron chi connectivity index (χ3n) is 12.2. The van der Waals surface area contributed by atoms with Crippen LogP contribution in [0.25, 0.3) is 16.9 Å². The summed E-state index contributed by atoms with van der Waals surface area (Å²) in [5, 5.41) is 17.4. The highest BCUT2D eigenvalue weighted by atomic mass is 35.5. The number of fused-ring (bicyclic) bond motifs is 2. The topological polar surface area (TPSA) is 155 Å². The van der Waals surface area contributed by atoms with Gasteiger partial charge in [-0.2, -0.15) is 0 Å². The number of imidazole rings is 1. The van der Waals surface area contributed by atoms with Gasteiger partial charge in [-0.25, -0.2) is 9.50 Å². The van der Waals surface area contributed by atoms with Crippen LogP contribution < -0.4 is 30.9 Å². The summed E-state index contributed by atoms with van der Waals surface area (Å²) in [7, 11) is 3.43. The number of amides is 3. The van der Waals surface area contributed by atoms with Gasteiger partial charge < -0.3 is 25.6 Å². The summed E-state index contributed by atoms with van der Waals surface area (Å²) in [6.07, 6.45) is 11.7. The number of nitrogens with one attached hydrogen (secondary N) is 4. The van der Waals surface area contributed by atoms with Crippen LogP contribution in [0, 0.1) is 5.41 Å². The molecule has 2 saturated carbocycles. The molecule has 1 spiro atoms. The number of piperidine rings is 1. The van der Waals surface area contributed by atoms with Crippen LogP contribution in [0.4, 0.5) is 22.9 Å². The van der Waals surface area contributed by atoms with Gasteiger partial charge in [0.05, 0.1) is 35.8 Å². The molecular formula is C42H44ClN9O4. The Bertz CT molecular complexity index is 2350. The van der Waals surface area contributed by atoms with Crippen LogP contribution >= 0.6 is 11.6 Å². The molecule has 1 saturated heterocycles. The largest absolute Gasteiger partial charge is 0.489 e. The first-order chi connectivity index (χ1) is 27.2. The zero-order valence-corrected chi connectivity index (χ0v) is 32.2. The maximum absolute atomic E-state index is 12.5. The fraction of sp³-hybridized carbons (Fsp3) is 0.381. The summed E-state index contributed by atoms with van der Waals surface area (Å²) >= 11 is 6.50. The number of nitrogens with zero attached hydrogens (tertiary/aromatic N) is 5. The van der Waals surface area contributed by atoms with E-state index in [2.05, 4.69) is 49.4 Å². The highest BCUT2D eigenvalue weighted by molar-refractivity contribution is 6.31. The van der Waals surface area contributed by atoms with Crippen molar-refractivity contribution in [2.45, 2.75) is 75.9 Å². The standard InChI is InChI=1S/C42H44ClN9O4/c1-44-34-19-37(50-52-36(41(55)45-2)23-47-39(34)52)51-17-14-29-28(4-3-5-35(29)51)33-10-7-26(22-46-33)56-27-20-42(21-27)15-12-24(13-16-42)48-25-6-9-32(43)31(18-25)30-8-11-38(53)49-40(30)54/h3-7,9-10,18-19,22-24,27,30,44,48H,8,11-17,20-21H2,1-2H3,(H,45,55)(H,49,53,54). The van der Waals surface area contributed by atoms with Gasteiger partial charge >= 0.3 is 0 Å². The van der Waals surface area contributed by atoms with Crippen LogP contribution in [0.5, 0.6) is 5.75 Å². The molecule has 288 valence electrons. The summed E-state index contributed by atoms with van der Waals surface area (Å²) in [6.45, 7) is 0.742. The van der Waals surface area contributed by atoms with Crippen molar-refractivity contribution in [2.75, 3.05) is 36.2 Å². The predicted octanol–water partition coefficient (Wildman–Crippen LogP) is 6.64. The summed E-state index contributed by atoms with van der Waals surface area (Å²) in [5.41, 5.74) is 8.05. The Labute approximate surface area is 329 Å². The number of aromatic nitrogens is 4. The molecule has 14 heteroatoms. The lowest BCUT2D eigenvalue weighted by atomic mass is 9.58. The number of hydrogen-bond donors (Lipinski definition) is 4. The van der Waals surface area contributed by atoms with E-state index in [9.17, 15) is 14.4 Å². The minimum absolute atomic E-state index is 0.181. The Morgan fingerprint density at radius 1 is 0.982 bits per heavy atom. The highest BCUT2D eigenvalue weighted by Crippen LogP contribution is 2.53. The zero-order chi connectivity index (χ0) is 38.6. The van der Waals surface area contributed by atoms with Crippen LogP contribution in [-0.4, -0.2) is 70.1 Å². The second-order valence-corrected chi connectivity index (χ2v) is 15.9. The van der Waals surface area contributed by atoms with E-state index in [1.807, 2.05) is 49.6 Å². The molecule has 1 unspecified atom stereocenters. The molecule has 0 radical (unpaired) electrons. The van der Waals surface area contributed by atoms with Crippen molar-refractivity contribution in [3.8, 4) is 17.0 Å². The molecule has 9 rings (SSSR count). The lowest BCUT2D eigenvalue weighted by molar-refractivity contribution is -0.134. The van der Waals surface area contributed by atoms with Crippen LogP contribution in [0.2, 0.25) is 5.02 Å². The van der Waals surface area contributed by atoms with Crippen molar-refractivity contribution in [1.29, 1.82) is 0 Å². The maximum atomic E-state index is 12.5. The first kappa shape index (κ1) is 36.0. The number of anilines is 4. The van der Waals surface area contributed by atoms with Gasteiger partial charge in [0.15, 0.2) is 17.2 Å². The number of benzene rings is 2. The molecule has 2 aliphatic carbocycles. The minimum Gasteiger partial charge on any atom is -0.489 e. The van der Waals surface area contributed by atoms with Gasteiger partial charge in [-0.05, 0) is 104 Å². The molecule has 3 aromatic heterocycles. The van der Waals surface area contributed by atoms with E-state index in [1.54, 1.807) is 17.8 Å². The first-order valence-corrected chi connectivity index (χ1v) is 19.8. The second kappa shape index (κ2) is 14.4. The Morgan fingerprint density at radius 3 is 2.57 bits per heavy atom. The Hall–Kier alpha value is -5.69. The Kier molecular flexibility index (Phi) is 9.27. The van der Waals surface area contributed by atoms with E-state index in [4.69, 9.17) is 26.4 Å². The van der Waals surface area contributed by atoms with Crippen molar-refractivity contribution < 1.29 is 19.1 Å². The van der Waals surface area contributed by atoms with Crippen molar-refractivity contribution in [3.05, 3.63) is 88.8 Å². The number of imide groups is 1. The molecule has 2 aliphatic heterocycles. The van der Waals surface area contributed by atoms with Crippen molar-refractivity contribution in [3.63, 3.8) is 0 Å². The van der Waals surface area contributed by atoms with E-state index in [-0.39, 0.29) is 23.8 Å². The second-order valence-electron chi connectivity index (χ2n) is 15.5. The number of rotatable bonds is 9. The summed E-state index contributed by atoms with van der Waals surface area (Å²) < 4.78 is 8.04. The lowest BCUT2D eigenvalue weighted by Crippen LogP contribution is -2.47. The van der Waals surface area contributed by atoms with Gasteiger partial charge in [0.1, 0.15) is 5.75 Å². The molecule has 3 amide bonds. The van der Waals surface area contributed by atoms with E-state index in [0.717, 1.165) is 96.9 Å². The van der Waals surface area contributed by atoms with Crippen molar-refractivity contribution >= 4 is 57.8 Å². The molecular weight excluding hydrogens is 730 g/mol. The molecule has 4 N–H and O–H groups in total. The van der Waals surface area contributed by atoms with Crippen LogP contribution in [0.15, 0.2) is 67.0 Å². The number of carbonyl (C=O) groups is 3. The monoisotopic (exact) mass is 773 g/mol. The number of carbonyl (C=O) groups excluding carboxylic acids is 3. The molecule has 13 nitrogen and oxygen atoms in total. The van der Waals surface area contributed by atoms with E-state index in [0.29, 0.717) is 40.7 Å². The summed E-state index contributed by atoms with van der Waals surface area (Å²) in [6, 6.07) is 18.5. The van der Waals surface area contributed by atoms with Gasteiger partial charge in [0.25, 0.3) is 5.91 Å². The van der Waals surface area contributed by atoms with Crippen molar-refractivity contribution in [1.82, 2.24) is 30.2 Å². The molecule has 5 aromatic rings. The van der Waals surface area contributed by atoms with E-state index in [1.165, 1.54) is 5.56 Å². The molecule has 2 aromatic carbocycles. The minimum atomic E-state index is -0.409. The molecule has 3 fully saturated rings. The molecule has 4 aliphatic rings. The maximum Gasteiger partial charge on any atom is 0.271 e. The molecule has 0 bridgehead atoms. The third-order valence-corrected chi connectivity index (χ3v) is 12.5. The van der Waals surface area contributed by atoms with Crippen LogP contribution in [0.1, 0.15) is 78.9 Å². The van der Waals surface area contributed by atoms with Gasteiger partial charge in [0.2, 0.25) is 11.8 Å². The predicted molar refractivity (Wildman–Crippen MR) is 215 cm³/mol. The average Bonchev–Trinajstić information content (AvgIpc) is 3.84. The average molecular weight is 774 g/mol. The smallest absolute Gasteiger partial charge is 0.271 e. The van der Waals surface area contributed by atoms with E-state index >= 15 is 0 Å². The highest BCUT2D eigenvalue weighted by Gasteiger charge is 2.47. The lowest BCUT2D eigenvalue weighted by Gasteiger charge is -2.51. The van der Waals surface area contributed by atoms with Gasteiger partial charge in [-0.3, -0.25) is 24.7 Å². The number of pyridine rings is 1. The summed E-state index contributed by atoms with van der Waals surface area (Å²) in [4.78, 5) is 48.2. The molecule has 1 atom stereocenters. The van der Waals surface area contributed by atoms with Gasteiger partial charge in [0, 0.05) is 61.1 Å².